The van der Waals surface area contributed by atoms with Crippen LogP contribution in [0.5, 0.6) is 5.75 Å². The maximum Gasteiger partial charge on any atom is 0.262 e. The monoisotopic (exact) mass is 322 g/mol. The highest BCUT2D eigenvalue weighted by Crippen LogP contribution is 2.13. The van der Waals surface area contributed by atoms with E-state index in [9.17, 15) is 9.90 Å². The highest BCUT2D eigenvalue weighted by molar-refractivity contribution is 5.99. The van der Waals surface area contributed by atoms with Gasteiger partial charge in [-0.1, -0.05) is 12.1 Å². The number of fused-ring (bicyclic) bond motifs is 1. The highest BCUT2D eigenvalue weighted by Gasteiger charge is 2.09. The molecule has 24 heavy (non-hydrogen) atoms. The van der Waals surface area contributed by atoms with Gasteiger partial charge in [0.2, 0.25) is 5.95 Å². The second-order valence-electron chi connectivity index (χ2n) is 5.36. The summed E-state index contributed by atoms with van der Waals surface area (Å²) in [6, 6.07) is 14.0. The Hall–Kier alpha value is -3.15. The molecule has 0 radical (unpaired) electrons. The van der Waals surface area contributed by atoms with Gasteiger partial charge in [-0.2, -0.15) is 5.10 Å². The van der Waals surface area contributed by atoms with E-state index in [1.54, 1.807) is 41.0 Å². The first kappa shape index (κ1) is 15.7. The molecule has 2 N–H and O–H groups in total. The van der Waals surface area contributed by atoms with Crippen molar-refractivity contribution in [2.45, 2.75) is 20.4 Å². The number of hydrogen-bond donors (Lipinski definition) is 2. The highest BCUT2D eigenvalue weighted by atomic mass is 16.3. The van der Waals surface area contributed by atoms with Crippen molar-refractivity contribution in [3.63, 3.8) is 0 Å². The largest absolute Gasteiger partial charge is 0.508 e. The predicted molar refractivity (Wildman–Crippen MR) is 95.6 cm³/mol. The van der Waals surface area contributed by atoms with Crippen LogP contribution in [0, 0.1) is 0 Å². The number of nitrogens with one attached hydrogen (secondary N) is 1. The van der Waals surface area contributed by atoms with Gasteiger partial charge in [0.05, 0.1) is 16.6 Å². The van der Waals surface area contributed by atoms with Crippen molar-refractivity contribution in [1.82, 2.24) is 9.55 Å². The van der Waals surface area contributed by atoms with E-state index < -0.39 is 0 Å². The van der Waals surface area contributed by atoms with Gasteiger partial charge in [0.15, 0.2) is 0 Å². The molecule has 0 spiro atoms. The average molecular weight is 322 g/mol. The Kier molecular flexibility index (Phi) is 4.29. The van der Waals surface area contributed by atoms with Crippen LogP contribution in [0.1, 0.15) is 19.4 Å². The topological polar surface area (TPSA) is 79.5 Å². The second kappa shape index (κ2) is 6.54. The maximum absolute atomic E-state index is 12.5. The van der Waals surface area contributed by atoms with Crippen molar-refractivity contribution in [2.24, 2.45) is 5.10 Å². The molecular formula is C18H18N4O2. The lowest BCUT2D eigenvalue weighted by molar-refractivity contribution is 0.475. The molecule has 1 heterocycles. The quantitative estimate of drug-likeness (QED) is 0.572. The summed E-state index contributed by atoms with van der Waals surface area (Å²) >= 11 is 0. The molecule has 0 unspecified atom stereocenters. The number of nitrogens with zero attached hydrogens (tertiary/aromatic N) is 3. The summed E-state index contributed by atoms with van der Waals surface area (Å²) in [6.45, 7) is 4.22. The Morgan fingerprint density at radius 1 is 1.21 bits per heavy atom. The lowest BCUT2D eigenvalue weighted by atomic mass is 10.1. The number of hydrogen-bond acceptors (Lipinski definition) is 5. The zero-order chi connectivity index (χ0) is 17.1. The summed E-state index contributed by atoms with van der Waals surface area (Å²) in [5, 5.41) is 14.2. The van der Waals surface area contributed by atoms with Crippen LogP contribution in [-0.2, 0) is 6.54 Å². The average Bonchev–Trinajstić information content (AvgIpc) is 2.60. The van der Waals surface area contributed by atoms with Gasteiger partial charge >= 0.3 is 0 Å². The molecule has 0 fully saturated rings. The van der Waals surface area contributed by atoms with E-state index in [1.807, 2.05) is 26.0 Å². The molecule has 0 saturated heterocycles. The van der Waals surface area contributed by atoms with Crippen LogP contribution < -0.4 is 11.0 Å². The van der Waals surface area contributed by atoms with E-state index in [0.717, 1.165) is 11.3 Å². The molecule has 2 aromatic carbocycles. The number of anilines is 1. The standard InChI is InChI=1S/C18H18N4O2/c1-3-22-17(24)15-6-4-5-7-16(15)19-18(22)21-20-12(2)13-8-10-14(23)11-9-13/h4-11,23H,3H2,1-2H3,(H,19,21)/b20-12+. The third kappa shape index (κ3) is 2.99. The van der Waals surface area contributed by atoms with Gasteiger partial charge in [0.1, 0.15) is 5.75 Å². The molecule has 0 bridgehead atoms. The van der Waals surface area contributed by atoms with Crippen LogP contribution in [-0.4, -0.2) is 20.4 Å². The van der Waals surface area contributed by atoms with Crippen LogP contribution in [0.25, 0.3) is 10.9 Å². The first-order valence-corrected chi connectivity index (χ1v) is 7.69. The molecule has 122 valence electrons. The van der Waals surface area contributed by atoms with Gasteiger partial charge in [-0.15, -0.1) is 0 Å². The van der Waals surface area contributed by atoms with Crippen LogP contribution in [0.2, 0.25) is 0 Å². The first-order valence-electron chi connectivity index (χ1n) is 7.69. The van der Waals surface area contributed by atoms with Crippen molar-refractivity contribution in [3.8, 4) is 5.75 Å². The number of phenols is 1. The van der Waals surface area contributed by atoms with Gasteiger partial charge < -0.3 is 5.11 Å². The third-order valence-corrected chi connectivity index (χ3v) is 3.79. The van der Waals surface area contributed by atoms with Crippen LogP contribution in [0.15, 0.2) is 58.4 Å². The molecule has 0 saturated carbocycles. The SMILES string of the molecule is CCn1c(N/N=C(\C)c2ccc(O)cc2)nc2ccccc2c1=O. The number of aromatic nitrogens is 2. The summed E-state index contributed by atoms with van der Waals surface area (Å²) < 4.78 is 1.55. The van der Waals surface area contributed by atoms with Gasteiger partial charge in [-0.05, 0) is 55.8 Å². The van der Waals surface area contributed by atoms with E-state index in [0.29, 0.717) is 23.4 Å². The molecule has 0 amide bonds. The molecular weight excluding hydrogens is 304 g/mol. The fraction of sp³-hybridized carbons (Fsp3) is 0.167. The molecule has 0 aliphatic heterocycles. The van der Waals surface area contributed by atoms with E-state index >= 15 is 0 Å². The number of hydrazone groups is 1. The summed E-state index contributed by atoms with van der Waals surface area (Å²) in [4.78, 5) is 17.0. The van der Waals surface area contributed by atoms with Crippen molar-refractivity contribution in [2.75, 3.05) is 5.43 Å². The second-order valence-corrected chi connectivity index (χ2v) is 5.36. The molecule has 3 aromatic rings. The molecule has 0 atom stereocenters. The van der Waals surface area contributed by atoms with Crippen LogP contribution in [0.3, 0.4) is 0 Å². The van der Waals surface area contributed by atoms with Crippen LogP contribution in [0.4, 0.5) is 5.95 Å². The Bertz CT molecular complexity index is 959. The van der Waals surface area contributed by atoms with Crippen molar-refractivity contribution >= 4 is 22.6 Å². The van der Waals surface area contributed by atoms with Gasteiger partial charge in [-0.3, -0.25) is 9.36 Å². The Balaban J connectivity index is 1.99. The molecule has 6 heteroatoms. The predicted octanol–water partition coefficient (Wildman–Crippen LogP) is 2.96. The number of rotatable bonds is 4. The van der Waals surface area contributed by atoms with Crippen molar-refractivity contribution < 1.29 is 5.11 Å². The normalized spacial score (nSPS) is 11.7. The number of para-hydroxylation sites is 1. The smallest absolute Gasteiger partial charge is 0.262 e. The molecule has 3 rings (SSSR count). The van der Waals surface area contributed by atoms with Crippen molar-refractivity contribution in [3.05, 3.63) is 64.4 Å². The number of aromatic hydroxyl groups is 1. The molecule has 6 nitrogen and oxygen atoms in total. The van der Waals surface area contributed by atoms with E-state index in [1.165, 1.54) is 0 Å². The third-order valence-electron chi connectivity index (χ3n) is 3.79. The zero-order valence-electron chi connectivity index (χ0n) is 13.5. The zero-order valence-corrected chi connectivity index (χ0v) is 13.5. The van der Waals surface area contributed by atoms with E-state index in [2.05, 4.69) is 15.5 Å². The lowest BCUT2D eigenvalue weighted by Crippen LogP contribution is -2.23. The van der Waals surface area contributed by atoms with Crippen molar-refractivity contribution in [1.29, 1.82) is 0 Å². The fourth-order valence-electron chi connectivity index (χ4n) is 2.45. The minimum absolute atomic E-state index is 0.0944. The lowest BCUT2D eigenvalue weighted by Gasteiger charge is -2.11. The Morgan fingerprint density at radius 2 is 1.92 bits per heavy atom. The Morgan fingerprint density at radius 3 is 2.62 bits per heavy atom. The number of benzene rings is 2. The Labute approximate surface area is 139 Å². The summed E-state index contributed by atoms with van der Waals surface area (Å²) in [7, 11) is 0. The van der Waals surface area contributed by atoms with E-state index in [4.69, 9.17) is 0 Å². The molecule has 0 aliphatic carbocycles. The van der Waals surface area contributed by atoms with E-state index in [-0.39, 0.29) is 11.3 Å². The van der Waals surface area contributed by atoms with Crippen LogP contribution >= 0.6 is 0 Å². The molecule has 0 aliphatic rings. The summed E-state index contributed by atoms with van der Waals surface area (Å²) in [5.41, 5.74) is 5.01. The first-order chi connectivity index (χ1) is 11.6. The fourth-order valence-corrected chi connectivity index (χ4v) is 2.45. The van der Waals surface area contributed by atoms with Gasteiger partial charge in [0, 0.05) is 6.54 Å². The minimum Gasteiger partial charge on any atom is -0.508 e. The number of phenolic OH excluding ortho intramolecular Hbond substituents is 1. The minimum atomic E-state index is -0.0944. The molecule has 1 aromatic heterocycles. The summed E-state index contributed by atoms with van der Waals surface area (Å²) in [6.07, 6.45) is 0. The maximum atomic E-state index is 12.5. The summed E-state index contributed by atoms with van der Waals surface area (Å²) in [5.74, 6) is 0.606. The van der Waals surface area contributed by atoms with Gasteiger partial charge in [0.25, 0.3) is 5.56 Å². The van der Waals surface area contributed by atoms with Gasteiger partial charge in [-0.25, -0.2) is 10.4 Å².